The minimum Gasteiger partial charge on any atom is -0.477 e. The van der Waals surface area contributed by atoms with E-state index in [-0.39, 0.29) is 32.5 Å². The van der Waals surface area contributed by atoms with E-state index >= 15 is 0 Å². The van der Waals surface area contributed by atoms with Gasteiger partial charge in [-0.1, -0.05) is 22.9 Å². The van der Waals surface area contributed by atoms with Crippen molar-refractivity contribution in [3.63, 3.8) is 0 Å². The number of alkyl halides is 1. The van der Waals surface area contributed by atoms with Gasteiger partial charge in [0.15, 0.2) is 5.13 Å². The molecular weight excluding hydrogens is 455 g/mol. The molecule has 14 heteroatoms. The number of aromatic nitrogens is 1. The lowest BCUT2D eigenvalue weighted by molar-refractivity contribution is -0.150. The summed E-state index contributed by atoms with van der Waals surface area (Å²) in [6.45, 7) is 0. The topological polar surface area (TPSA) is 146 Å². The molecule has 1 aromatic heterocycles. The monoisotopic (exact) mass is 464 g/mol. The van der Waals surface area contributed by atoms with Crippen LogP contribution in [-0.4, -0.2) is 68.0 Å². The van der Waals surface area contributed by atoms with Crippen molar-refractivity contribution in [1.82, 2.24) is 15.2 Å². The number of halogens is 2. The molecule has 148 valence electrons. The van der Waals surface area contributed by atoms with E-state index in [4.69, 9.17) is 23.2 Å². The molecule has 3 N–H and O–H groups in total. The van der Waals surface area contributed by atoms with E-state index in [0.29, 0.717) is 12.0 Å². The molecule has 2 aliphatic rings. The van der Waals surface area contributed by atoms with Crippen molar-refractivity contribution in [2.45, 2.75) is 11.4 Å². The van der Waals surface area contributed by atoms with E-state index < -0.39 is 35.0 Å². The average Bonchev–Trinajstić information content (AvgIpc) is 3.04. The SMILES string of the molecule is O=CNc1nc(C(=O)C(=O)N[C@@H]2C(=O)N3C(C(=O)O)=C(CCl)CS[C@H]23)c(Cl)s1. The van der Waals surface area contributed by atoms with Crippen LogP contribution in [0.1, 0.15) is 10.5 Å². The number of thiazole rings is 1. The molecule has 3 rings (SSSR count). The van der Waals surface area contributed by atoms with Crippen LogP contribution < -0.4 is 10.6 Å². The Labute approximate surface area is 175 Å². The third kappa shape index (κ3) is 3.48. The summed E-state index contributed by atoms with van der Waals surface area (Å²) in [5.74, 6) is -3.92. The van der Waals surface area contributed by atoms with Gasteiger partial charge in [0.1, 0.15) is 27.1 Å². The summed E-state index contributed by atoms with van der Waals surface area (Å²) < 4.78 is -0.0963. The number of fused-ring (bicyclic) bond motifs is 1. The summed E-state index contributed by atoms with van der Waals surface area (Å²) in [5.41, 5.74) is -0.161. The summed E-state index contributed by atoms with van der Waals surface area (Å²) in [6, 6.07) is -1.07. The Balaban J connectivity index is 1.74. The number of carboxylic acid groups (broad SMARTS) is 1. The van der Waals surface area contributed by atoms with Crippen molar-refractivity contribution in [1.29, 1.82) is 0 Å². The maximum absolute atomic E-state index is 12.4. The van der Waals surface area contributed by atoms with Crippen molar-refractivity contribution in [2.75, 3.05) is 16.9 Å². The van der Waals surface area contributed by atoms with Crippen LogP contribution in [0.15, 0.2) is 11.3 Å². The van der Waals surface area contributed by atoms with Crippen LogP contribution in [0.4, 0.5) is 5.13 Å². The number of carbonyl (C=O) groups is 5. The van der Waals surface area contributed by atoms with Gasteiger partial charge in [0.2, 0.25) is 6.41 Å². The lowest BCUT2D eigenvalue weighted by Crippen LogP contribution is -2.71. The van der Waals surface area contributed by atoms with Crippen molar-refractivity contribution >= 4 is 81.4 Å². The second-order valence-corrected chi connectivity index (χ2v) is 8.46. The number of amides is 3. The highest BCUT2D eigenvalue weighted by Crippen LogP contribution is 2.40. The predicted octanol–water partition coefficient (Wildman–Crippen LogP) is 0.525. The number of carboxylic acids is 1. The molecule has 0 radical (unpaired) electrons. The van der Waals surface area contributed by atoms with Gasteiger partial charge in [-0.25, -0.2) is 9.78 Å². The van der Waals surface area contributed by atoms with Gasteiger partial charge in [-0.2, -0.15) is 0 Å². The molecule has 3 amide bonds. The molecule has 1 aromatic rings. The van der Waals surface area contributed by atoms with Crippen molar-refractivity contribution < 1.29 is 29.1 Å². The first-order chi connectivity index (χ1) is 13.3. The quantitative estimate of drug-likeness (QED) is 0.174. The van der Waals surface area contributed by atoms with Gasteiger partial charge in [0.25, 0.3) is 17.6 Å². The molecule has 2 atom stereocenters. The number of anilines is 1. The molecule has 2 aliphatic heterocycles. The fourth-order valence-electron chi connectivity index (χ4n) is 2.65. The number of nitrogens with zero attached hydrogens (tertiary/aromatic N) is 2. The largest absolute Gasteiger partial charge is 0.477 e. The molecule has 28 heavy (non-hydrogen) atoms. The van der Waals surface area contributed by atoms with Crippen molar-refractivity contribution in [3.8, 4) is 0 Å². The first-order valence-corrected chi connectivity index (χ1v) is 10.3. The lowest BCUT2D eigenvalue weighted by atomic mass is 10.0. The smallest absolute Gasteiger partial charge is 0.352 e. The van der Waals surface area contributed by atoms with E-state index in [2.05, 4.69) is 15.6 Å². The van der Waals surface area contributed by atoms with Crippen LogP contribution in [0.2, 0.25) is 4.34 Å². The summed E-state index contributed by atoms with van der Waals surface area (Å²) in [6.07, 6.45) is 0.341. The number of hydrogen-bond acceptors (Lipinski definition) is 8. The number of β-lactam (4-membered cyclic amide) rings is 1. The Morgan fingerprint density at radius 2 is 2.11 bits per heavy atom. The molecular formula is C14H10Cl2N4O6S2. The number of Topliss-reactive ketones (excluding diaryl/α,β-unsaturated/α-hetero) is 1. The molecule has 0 unspecified atom stereocenters. The molecule has 1 saturated heterocycles. The van der Waals surface area contributed by atoms with E-state index in [0.717, 1.165) is 16.2 Å². The fourth-order valence-corrected chi connectivity index (χ4v) is 5.33. The van der Waals surface area contributed by atoms with Gasteiger partial charge in [-0.15, -0.1) is 23.4 Å². The van der Waals surface area contributed by atoms with Gasteiger partial charge in [-0.3, -0.25) is 24.1 Å². The zero-order valence-corrected chi connectivity index (χ0v) is 16.7. The van der Waals surface area contributed by atoms with Crippen molar-refractivity contribution in [3.05, 3.63) is 21.3 Å². The van der Waals surface area contributed by atoms with E-state index in [1.807, 2.05) is 0 Å². The van der Waals surface area contributed by atoms with Crippen LogP contribution in [0, 0.1) is 0 Å². The summed E-state index contributed by atoms with van der Waals surface area (Å²) in [7, 11) is 0. The molecule has 0 aromatic carbocycles. The second kappa shape index (κ2) is 8.07. The number of carbonyl (C=O) groups excluding carboxylic acids is 4. The first-order valence-electron chi connectivity index (χ1n) is 7.47. The zero-order valence-electron chi connectivity index (χ0n) is 13.6. The van der Waals surface area contributed by atoms with Crippen LogP contribution in [0.25, 0.3) is 0 Å². The van der Waals surface area contributed by atoms with Gasteiger partial charge >= 0.3 is 5.97 Å². The summed E-state index contributed by atoms with van der Waals surface area (Å²) >= 11 is 13.6. The highest BCUT2D eigenvalue weighted by atomic mass is 35.5. The van der Waals surface area contributed by atoms with Gasteiger partial charge in [0.05, 0.1) is 0 Å². The maximum Gasteiger partial charge on any atom is 0.352 e. The van der Waals surface area contributed by atoms with Gasteiger partial charge in [-0.05, 0) is 5.57 Å². The first kappa shape index (κ1) is 20.6. The fraction of sp³-hybridized carbons (Fsp3) is 0.286. The summed E-state index contributed by atoms with van der Waals surface area (Å²) in [4.78, 5) is 63.6. The second-order valence-electron chi connectivity index (χ2n) is 5.48. The maximum atomic E-state index is 12.4. The minimum absolute atomic E-state index is 0.0368. The highest BCUT2D eigenvalue weighted by Gasteiger charge is 2.54. The average molecular weight is 465 g/mol. The number of ketones is 1. The molecule has 0 saturated carbocycles. The number of hydrogen-bond donors (Lipinski definition) is 3. The standard InChI is InChI=1S/C14H10Cl2N4O6S2/c15-1-4-2-27-12-6(11(24)20(12)7(4)13(25)26)18-10(23)8(22)5-9(16)28-14(19-5)17-3-21/h3,6,12H,1-2H2,(H,18,23)(H,25,26)(H,17,19,21)/t6-,12-/m1/s1. The number of rotatable bonds is 7. The van der Waals surface area contributed by atoms with Crippen LogP contribution in [0.3, 0.4) is 0 Å². The van der Waals surface area contributed by atoms with E-state index in [1.165, 1.54) is 11.8 Å². The minimum atomic E-state index is -1.29. The number of nitrogens with one attached hydrogen (secondary N) is 2. The Bertz CT molecular complexity index is 933. The van der Waals surface area contributed by atoms with Gasteiger partial charge in [0, 0.05) is 11.6 Å². The third-order valence-electron chi connectivity index (χ3n) is 3.89. The normalized spacial score (nSPS) is 20.9. The number of thioether (sulfide) groups is 1. The molecule has 3 heterocycles. The number of aliphatic carboxylic acids is 1. The van der Waals surface area contributed by atoms with Crippen LogP contribution in [-0.2, 0) is 19.2 Å². The highest BCUT2D eigenvalue weighted by molar-refractivity contribution is 8.00. The molecule has 1 fully saturated rings. The van der Waals surface area contributed by atoms with Crippen LogP contribution >= 0.6 is 46.3 Å². The summed E-state index contributed by atoms with van der Waals surface area (Å²) in [5, 5.41) is 13.2. The molecule has 10 nitrogen and oxygen atoms in total. The van der Waals surface area contributed by atoms with Gasteiger partial charge < -0.3 is 15.7 Å². The van der Waals surface area contributed by atoms with Crippen molar-refractivity contribution in [2.24, 2.45) is 0 Å². The Hall–Kier alpha value is -2.15. The molecule has 0 spiro atoms. The Kier molecular flexibility index (Phi) is 5.93. The molecule has 0 aliphatic carbocycles. The third-order valence-corrected chi connectivity index (χ3v) is 6.73. The predicted molar refractivity (Wildman–Crippen MR) is 102 cm³/mol. The van der Waals surface area contributed by atoms with Crippen LogP contribution in [0.5, 0.6) is 0 Å². The zero-order chi connectivity index (χ0) is 20.6. The Morgan fingerprint density at radius 3 is 2.71 bits per heavy atom. The van der Waals surface area contributed by atoms with E-state index in [1.54, 1.807) is 0 Å². The Morgan fingerprint density at radius 1 is 1.39 bits per heavy atom. The lowest BCUT2D eigenvalue weighted by Gasteiger charge is -2.49. The van der Waals surface area contributed by atoms with E-state index in [9.17, 15) is 29.1 Å². The molecule has 0 bridgehead atoms.